The molecule has 2 aromatic rings. The van der Waals surface area contributed by atoms with Crippen LogP contribution in [0.15, 0.2) is 46.7 Å². The first kappa shape index (κ1) is 17.6. The minimum Gasteiger partial charge on any atom is -0.339 e. The van der Waals surface area contributed by atoms with Crippen molar-refractivity contribution in [2.45, 2.75) is 28.6 Å². The van der Waals surface area contributed by atoms with E-state index in [9.17, 15) is 17.6 Å². The summed E-state index contributed by atoms with van der Waals surface area (Å²) < 4.78 is 38.1. The van der Waals surface area contributed by atoms with Gasteiger partial charge in [-0.15, -0.1) is 11.3 Å². The third-order valence-electron chi connectivity index (χ3n) is 4.83. The summed E-state index contributed by atoms with van der Waals surface area (Å²) in [4.78, 5) is 15.4. The smallest absolute Gasteiger partial charge is 0.241 e. The third kappa shape index (κ3) is 3.16. The van der Waals surface area contributed by atoms with E-state index in [1.807, 2.05) is 17.5 Å². The summed E-state index contributed by atoms with van der Waals surface area (Å²) in [6.45, 7) is 0.334. The summed E-state index contributed by atoms with van der Waals surface area (Å²) in [5.74, 6) is -0.573. The summed E-state index contributed by atoms with van der Waals surface area (Å²) in [5.41, 5.74) is 6.13. The fraction of sp³-hybridized carbons (Fsp3) is 0.353. The lowest BCUT2D eigenvalue weighted by atomic mass is 10.1. The van der Waals surface area contributed by atoms with Gasteiger partial charge in [0.25, 0.3) is 0 Å². The van der Waals surface area contributed by atoms with Gasteiger partial charge >= 0.3 is 0 Å². The second-order valence-corrected chi connectivity index (χ2v) is 9.72. The molecule has 2 atom stereocenters. The molecular formula is C17H18FN3O3S2. The van der Waals surface area contributed by atoms with Gasteiger partial charge in [-0.2, -0.15) is 0 Å². The fourth-order valence-corrected chi connectivity index (χ4v) is 5.69. The number of nitrogens with one attached hydrogen (secondary N) is 2. The molecule has 2 saturated heterocycles. The van der Waals surface area contributed by atoms with Crippen molar-refractivity contribution in [3.8, 4) is 0 Å². The maximum Gasteiger partial charge on any atom is 0.241 e. The van der Waals surface area contributed by atoms with Crippen LogP contribution in [-0.2, 0) is 14.6 Å². The Hall–Kier alpha value is -1.81. The van der Waals surface area contributed by atoms with Gasteiger partial charge in [0, 0.05) is 18.0 Å². The van der Waals surface area contributed by atoms with Crippen LogP contribution in [0.1, 0.15) is 17.3 Å². The maximum absolute atomic E-state index is 13.0. The zero-order chi connectivity index (χ0) is 18.3. The number of carbonyl (C=O) groups excluding carboxylic acids is 1. The predicted molar refractivity (Wildman–Crippen MR) is 95.7 cm³/mol. The lowest BCUT2D eigenvalue weighted by Gasteiger charge is -2.39. The van der Waals surface area contributed by atoms with Crippen molar-refractivity contribution in [2.75, 3.05) is 13.1 Å². The molecule has 138 valence electrons. The minimum absolute atomic E-state index is 0.0870. The Morgan fingerprint density at radius 3 is 2.54 bits per heavy atom. The number of amides is 1. The van der Waals surface area contributed by atoms with Crippen LogP contribution in [0.25, 0.3) is 0 Å². The topological polar surface area (TPSA) is 78.5 Å². The summed E-state index contributed by atoms with van der Waals surface area (Å²) in [5, 5.41) is 1.35. The number of likely N-dealkylation sites (tertiary alicyclic amines) is 1. The second kappa shape index (κ2) is 6.73. The molecule has 0 bridgehead atoms. The highest BCUT2D eigenvalue weighted by Gasteiger charge is 2.43. The van der Waals surface area contributed by atoms with Crippen molar-refractivity contribution in [3.05, 3.63) is 52.5 Å². The molecule has 2 unspecified atom stereocenters. The van der Waals surface area contributed by atoms with Gasteiger partial charge in [-0.25, -0.2) is 23.7 Å². The average Bonchev–Trinajstić information content (AvgIpc) is 3.25. The third-order valence-corrected chi connectivity index (χ3v) is 7.92. The first-order valence-electron chi connectivity index (χ1n) is 8.28. The maximum atomic E-state index is 13.0. The second-order valence-electron chi connectivity index (χ2n) is 6.51. The molecule has 0 aliphatic carbocycles. The molecule has 0 saturated carbocycles. The Kier molecular flexibility index (Phi) is 4.55. The standard InChI is InChI=1S/C17H18FN3O3S2/c18-11-3-5-12(6-4-11)26(23,24)13-9-21(10-13)17(22)15-8-14(19-20-15)16-2-1-7-25-16/h1-7,13-15,19-20H,8-10H2. The van der Waals surface area contributed by atoms with Crippen LogP contribution in [0, 0.1) is 5.82 Å². The molecule has 26 heavy (non-hydrogen) atoms. The van der Waals surface area contributed by atoms with Crippen molar-refractivity contribution in [3.63, 3.8) is 0 Å². The van der Waals surface area contributed by atoms with Gasteiger partial charge in [-0.05, 0) is 42.1 Å². The van der Waals surface area contributed by atoms with Gasteiger partial charge in [0.2, 0.25) is 5.91 Å². The van der Waals surface area contributed by atoms with E-state index in [-0.39, 0.29) is 36.0 Å². The molecule has 2 N–H and O–H groups in total. The van der Waals surface area contributed by atoms with Crippen molar-refractivity contribution in [2.24, 2.45) is 0 Å². The van der Waals surface area contributed by atoms with Crippen LogP contribution in [0.2, 0.25) is 0 Å². The molecule has 0 spiro atoms. The number of hydrogen-bond donors (Lipinski definition) is 2. The highest BCUT2D eigenvalue weighted by Crippen LogP contribution is 2.29. The number of rotatable bonds is 4. The summed E-state index contributed by atoms with van der Waals surface area (Å²) in [7, 11) is -3.55. The van der Waals surface area contributed by atoms with Crippen molar-refractivity contribution >= 4 is 27.1 Å². The lowest BCUT2D eigenvalue weighted by Crippen LogP contribution is -2.60. The Bertz CT molecular complexity index is 894. The van der Waals surface area contributed by atoms with E-state index in [1.165, 1.54) is 12.1 Å². The number of nitrogens with zero attached hydrogens (tertiary/aromatic N) is 1. The summed E-state index contributed by atoms with van der Waals surface area (Å²) in [6.07, 6.45) is 0.630. The van der Waals surface area contributed by atoms with Crippen LogP contribution in [-0.4, -0.2) is 43.6 Å². The normalized spacial score (nSPS) is 23.8. The van der Waals surface area contributed by atoms with Gasteiger partial charge in [-0.1, -0.05) is 6.07 Å². The molecule has 2 fully saturated rings. The number of sulfone groups is 1. The number of benzene rings is 1. The Labute approximate surface area is 154 Å². The molecule has 0 radical (unpaired) electrons. The molecule has 2 aliphatic heterocycles. The van der Waals surface area contributed by atoms with Crippen LogP contribution < -0.4 is 10.9 Å². The van der Waals surface area contributed by atoms with Gasteiger partial charge in [-0.3, -0.25) is 4.79 Å². The highest BCUT2D eigenvalue weighted by atomic mass is 32.2. The van der Waals surface area contributed by atoms with E-state index in [0.717, 1.165) is 17.0 Å². The lowest BCUT2D eigenvalue weighted by molar-refractivity contribution is -0.136. The average molecular weight is 395 g/mol. The Morgan fingerprint density at radius 1 is 1.15 bits per heavy atom. The van der Waals surface area contributed by atoms with E-state index in [4.69, 9.17) is 0 Å². The van der Waals surface area contributed by atoms with Crippen molar-refractivity contribution < 1.29 is 17.6 Å². The molecule has 9 heteroatoms. The fourth-order valence-electron chi connectivity index (χ4n) is 3.25. The molecule has 1 aromatic carbocycles. The predicted octanol–water partition coefficient (Wildman–Crippen LogP) is 1.48. The van der Waals surface area contributed by atoms with Crippen LogP contribution in [0.3, 0.4) is 0 Å². The number of carbonyl (C=O) groups is 1. The van der Waals surface area contributed by atoms with Crippen LogP contribution in [0.4, 0.5) is 4.39 Å². The first-order chi connectivity index (χ1) is 12.4. The first-order valence-corrected chi connectivity index (χ1v) is 10.7. The quantitative estimate of drug-likeness (QED) is 0.767. The van der Waals surface area contributed by atoms with Crippen molar-refractivity contribution in [1.29, 1.82) is 0 Å². The van der Waals surface area contributed by atoms with Crippen molar-refractivity contribution in [1.82, 2.24) is 15.8 Å². The van der Waals surface area contributed by atoms with Gasteiger partial charge in [0.1, 0.15) is 17.1 Å². The molecule has 1 amide bonds. The Balaban J connectivity index is 1.36. The molecular weight excluding hydrogens is 377 g/mol. The number of thiophene rings is 1. The highest BCUT2D eigenvalue weighted by molar-refractivity contribution is 7.92. The summed E-state index contributed by atoms with van der Waals surface area (Å²) in [6, 6.07) is 8.51. The molecule has 3 heterocycles. The van der Waals surface area contributed by atoms with E-state index >= 15 is 0 Å². The van der Waals surface area contributed by atoms with E-state index in [1.54, 1.807) is 16.2 Å². The number of hydrazine groups is 1. The van der Waals surface area contributed by atoms with Gasteiger partial charge in [0.15, 0.2) is 9.84 Å². The zero-order valence-electron chi connectivity index (χ0n) is 13.8. The SMILES string of the molecule is O=C(C1CC(c2cccs2)NN1)N1CC(S(=O)(=O)c2ccc(F)cc2)C1. The number of hydrogen-bond acceptors (Lipinski definition) is 6. The number of halogens is 1. The monoisotopic (exact) mass is 395 g/mol. The van der Waals surface area contributed by atoms with Gasteiger partial charge < -0.3 is 4.90 Å². The molecule has 1 aromatic heterocycles. The Morgan fingerprint density at radius 2 is 1.88 bits per heavy atom. The molecule has 2 aliphatic rings. The van der Waals surface area contributed by atoms with Crippen LogP contribution in [0.5, 0.6) is 0 Å². The zero-order valence-corrected chi connectivity index (χ0v) is 15.4. The van der Waals surface area contributed by atoms with Crippen LogP contribution >= 0.6 is 11.3 Å². The molecule has 6 nitrogen and oxygen atoms in total. The van der Waals surface area contributed by atoms with E-state index in [2.05, 4.69) is 10.9 Å². The molecule has 4 rings (SSSR count). The van der Waals surface area contributed by atoms with Gasteiger partial charge in [0.05, 0.1) is 10.9 Å². The minimum atomic E-state index is -3.55. The largest absolute Gasteiger partial charge is 0.339 e. The summed E-state index contributed by atoms with van der Waals surface area (Å²) >= 11 is 1.63. The van der Waals surface area contributed by atoms with E-state index in [0.29, 0.717) is 6.42 Å². The van der Waals surface area contributed by atoms with E-state index < -0.39 is 20.9 Å².